The van der Waals surface area contributed by atoms with Crippen molar-refractivity contribution >= 4 is 17.6 Å². The smallest absolute Gasteiger partial charge is 0.314 e. The van der Waals surface area contributed by atoms with Crippen molar-refractivity contribution in [1.82, 2.24) is 10.6 Å². The quantitative estimate of drug-likeness (QED) is 0.747. The number of hydrogen-bond acceptors (Lipinski definition) is 2. The topological polar surface area (TPSA) is 61.4 Å². The highest BCUT2D eigenvalue weighted by Gasteiger charge is 2.41. The number of urea groups is 1. The number of amides is 2. The standard InChI is InChI=1S/C14H19ClN2O2/c15-12-3-1-2-11(8-12)4-7-16-13(19)17-9-14(10-18)5-6-14/h1-3,8,18H,4-7,9-10H2,(H2,16,17,19). The van der Waals surface area contributed by atoms with Gasteiger partial charge in [0.2, 0.25) is 0 Å². The van der Waals surface area contributed by atoms with Gasteiger partial charge in [0.05, 0.1) is 6.61 Å². The molecule has 0 aromatic heterocycles. The Hall–Kier alpha value is -1.26. The monoisotopic (exact) mass is 282 g/mol. The van der Waals surface area contributed by atoms with Gasteiger partial charge in [-0.1, -0.05) is 23.7 Å². The summed E-state index contributed by atoms with van der Waals surface area (Å²) >= 11 is 5.89. The molecule has 1 saturated carbocycles. The van der Waals surface area contributed by atoms with Crippen molar-refractivity contribution in [2.45, 2.75) is 19.3 Å². The van der Waals surface area contributed by atoms with Gasteiger partial charge in [0, 0.05) is 23.5 Å². The zero-order valence-electron chi connectivity index (χ0n) is 10.8. The first-order chi connectivity index (χ1) is 9.13. The maximum absolute atomic E-state index is 11.6. The number of nitrogens with one attached hydrogen (secondary N) is 2. The van der Waals surface area contributed by atoms with Crippen molar-refractivity contribution < 1.29 is 9.90 Å². The summed E-state index contributed by atoms with van der Waals surface area (Å²) in [7, 11) is 0. The van der Waals surface area contributed by atoms with E-state index >= 15 is 0 Å². The minimum atomic E-state index is -0.179. The molecule has 0 radical (unpaired) electrons. The van der Waals surface area contributed by atoms with Crippen molar-refractivity contribution in [2.75, 3.05) is 19.7 Å². The van der Waals surface area contributed by atoms with E-state index in [0.29, 0.717) is 18.1 Å². The van der Waals surface area contributed by atoms with Crippen LogP contribution < -0.4 is 10.6 Å². The van der Waals surface area contributed by atoms with Crippen LogP contribution in [-0.4, -0.2) is 30.8 Å². The highest BCUT2D eigenvalue weighted by Crippen LogP contribution is 2.44. The Bertz CT molecular complexity index is 447. The number of benzene rings is 1. The molecule has 0 saturated heterocycles. The molecule has 104 valence electrons. The molecular weight excluding hydrogens is 264 g/mol. The molecule has 0 heterocycles. The van der Waals surface area contributed by atoms with Crippen LogP contribution in [0.25, 0.3) is 0 Å². The van der Waals surface area contributed by atoms with E-state index in [0.717, 1.165) is 24.8 Å². The summed E-state index contributed by atoms with van der Waals surface area (Å²) in [5.74, 6) is 0. The highest BCUT2D eigenvalue weighted by atomic mass is 35.5. The summed E-state index contributed by atoms with van der Waals surface area (Å²) in [6.45, 7) is 1.26. The molecule has 1 aliphatic rings. The summed E-state index contributed by atoms with van der Waals surface area (Å²) in [6, 6.07) is 7.43. The van der Waals surface area contributed by atoms with Crippen molar-refractivity contribution in [1.29, 1.82) is 0 Å². The number of rotatable bonds is 6. The Labute approximate surface area is 118 Å². The molecule has 0 aliphatic heterocycles. The molecular formula is C14H19ClN2O2. The van der Waals surface area contributed by atoms with Crippen molar-refractivity contribution in [3.63, 3.8) is 0 Å². The van der Waals surface area contributed by atoms with Crippen molar-refractivity contribution in [3.05, 3.63) is 34.9 Å². The van der Waals surface area contributed by atoms with Gasteiger partial charge in [-0.3, -0.25) is 0 Å². The van der Waals surface area contributed by atoms with Crippen molar-refractivity contribution in [2.24, 2.45) is 5.41 Å². The third-order valence-corrected chi connectivity index (χ3v) is 3.74. The number of hydrogen-bond donors (Lipinski definition) is 3. The van der Waals surface area contributed by atoms with E-state index < -0.39 is 0 Å². The highest BCUT2D eigenvalue weighted by molar-refractivity contribution is 6.30. The molecule has 5 heteroatoms. The zero-order chi connectivity index (χ0) is 13.7. The fourth-order valence-electron chi connectivity index (χ4n) is 1.91. The first kappa shape index (κ1) is 14.2. The second kappa shape index (κ2) is 6.26. The van der Waals surface area contributed by atoms with E-state index in [1.54, 1.807) is 0 Å². The van der Waals surface area contributed by atoms with E-state index in [4.69, 9.17) is 16.7 Å². The number of halogens is 1. The van der Waals surface area contributed by atoms with Crippen LogP contribution in [0, 0.1) is 5.41 Å². The fraction of sp³-hybridized carbons (Fsp3) is 0.500. The van der Waals surface area contributed by atoms with Gasteiger partial charge in [0.25, 0.3) is 0 Å². The lowest BCUT2D eigenvalue weighted by atomic mass is 10.1. The molecule has 0 spiro atoms. The van der Waals surface area contributed by atoms with E-state index in [9.17, 15) is 4.79 Å². The average Bonchev–Trinajstić information content (AvgIpc) is 3.17. The molecule has 1 aliphatic carbocycles. The Balaban J connectivity index is 1.64. The first-order valence-corrected chi connectivity index (χ1v) is 6.88. The molecule has 19 heavy (non-hydrogen) atoms. The van der Waals surface area contributed by atoms with Crippen LogP contribution in [-0.2, 0) is 6.42 Å². The fourth-order valence-corrected chi connectivity index (χ4v) is 2.12. The number of carbonyl (C=O) groups is 1. The Kier molecular flexibility index (Phi) is 4.66. The Morgan fingerprint density at radius 2 is 2.16 bits per heavy atom. The third kappa shape index (κ3) is 4.40. The van der Waals surface area contributed by atoms with Crippen LogP contribution in [0.1, 0.15) is 18.4 Å². The largest absolute Gasteiger partial charge is 0.396 e. The molecule has 0 unspecified atom stereocenters. The van der Waals surface area contributed by atoms with Crippen LogP contribution in [0.5, 0.6) is 0 Å². The maximum atomic E-state index is 11.6. The van der Waals surface area contributed by atoms with Gasteiger partial charge in [-0.05, 0) is 37.0 Å². The number of aliphatic hydroxyl groups excluding tert-OH is 1. The van der Waals surface area contributed by atoms with Gasteiger partial charge in [-0.15, -0.1) is 0 Å². The predicted molar refractivity (Wildman–Crippen MR) is 75.3 cm³/mol. The van der Waals surface area contributed by atoms with Crippen LogP contribution in [0.3, 0.4) is 0 Å². The van der Waals surface area contributed by atoms with Gasteiger partial charge in [-0.2, -0.15) is 0 Å². The molecule has 4 nitrogen and oxygen atoms in total. The normalized spacial score (nSPS) is 15.9. The number of aliphatic hydroxyl groups is 1. The first-order valence-electron chi connectivity index (χ1n) is 6.51. The lowest BCUT2D eigenvalue weighted by Crippen LogP contribution is -2.40. The maximum Gasteiger partial charge on any atom is 0.314 e. The molecule has 2 rings (SSSR count). The van der Waals surface area contributed by atoms with Crippen LogP contribution in [0.4, 0.5) is 4.79 Å². The average molecular weight is 283 g/mol. The Morgan fingerprint density at radius 3 is 2.79 bits per heavy atom. The van der Waals surface area contributed by atoms with Gasteiger partial charge < -0.3 is 15.7 Å². The second-order valence-electron chi connectivity index (χ2n) is 5.15. The molecule has 1 aromatic rings. The van der Waals surface area contributed by atoms with Gasteiger partial charge in [-0.25, -0.2) is 4.79 Å². The summed E-state index contributed by atoms with van der Waals surface area (Å²) in [6.07, 6.45) is 2.73. The minimum absolute atomic E-state index is 0.0513. The molecule has 0 atom stereocenters. The van der Waals surface area contributed by atoms with E-state index in [-0.39, 0.29) is 18.1 Å². The summed E-state index contributed by atoms with van der Waals surface area (Å²) in [5.41, 5.74) is 1.05. The zero-order valence-corrected chi connectivity index (χ0v) is 11.5. The predicted octanol–water partition coefficient (Wildman–Crippen LogP) is 1.95. The van der Waals surface area contributed by atoms with Crippen LogP contribution >= 0.6 is 11.6 Å². The summed E-state index contributed by atoms with van der Waals surface area (Å²) in [4.78, 5) is 11.6. The molecule has 2 amide bonds. The van der Waals surface area contributed by atoms with Gasteiger partial charge >= 0.3 is 6.03 Å². The lowest BCUT2D eigenvalue weighted by Gasteiger charge is -2.13. The minimum Gasteiger partial charge on any atom is -0.396 e. The Morgan fingerprint density at radius 1 is 1.37 bits per heavy atom. The van der Waals surface area contributed by atoms with Gasteiger partial charge in [0.15, 0.2) is 0 Å². The molecule has 1 aromatic carbocycles. The third-order valence-electron chi connectivity index (χ3n) is 3.50. The van der Waals surface area contributed by atoms with Crippen LogP contribution in [0.15, 0.2) is 24.3 Å². The molecule has 1 fully saturated rings. The van der Waals surface area contributed by atoms with E-state index in [1.165, 1.54) is 0 Å². The van der Waals surface area contributed by atoms with E-state index in [1.807, 2.05) is 24.3 Å². The summed E-state index contributed by atoms with van der Waals surface area (Å²) < 4.78 is 0. The van der Waals surface area contributed by atoms with E-state index in [2.05, 4.69) is 10.6 Å². The lowest BCUT2D eigenvalue weighted by molar-refractivity contribution is 0.203. The summed E-state index contributed by atoms with van der Waals surface area (Å²) in [5, 5.41) is 15.4. The SMILES string of the molecule is O=C(NCCc1cccc(Cl)c1)NCC1(CO)CC1. The van der Waals surface area contributed by atoms with Crippen LogP contribution in [0.2, 0.25) is 5.02 Å². The number of carbonyl (C=O) groups excluding carboxylic acids is 1. The molecule has 0 bridgehead atoms. The van der Waals surface area contributed by atoms with Crippen molar-refractivity contribution in [3.8, 4) is 0 Å². The van der Waals surface area contributed by atoms with Gasteiger partial charge in [0.1, 0.15) is 0 Å². The second-order valence-corrected chi connectivity index (χ2v) is 5.58. The molecule has 3 N–H and O–H groups in total.